The number of aliphatic hydroxyl groups is 4. The van der Waals surface area contributed by atoms with Crippen molar-refractivity contribution in [2.24, 2.45) is 0 Å². The van der Waals surface area contributed by atoms with Crippen LogP contribution in [0.25, 0.3) is 0 Å². The van der Waals surface area contributed by atoms with Crippen LogP contribution in [0.1, 0.15) is 0 Å². The number of ether oxygens (including phenoxy) is 17. The Morgan fingerprint density at radius 2 is 0.281 bits per heavy atom. The summed E-state index contributed by atoms with van der Waals surface area (Å²) in [7, 11) is 0. The van der Waals surface area contributed by atoms with Crippen LogP contribution in [0.5, 0.6) is 0 Å². The third-order valence-electron chi connectivity index (χ3n) is 9.36. The molecule has 0 heterocycles. The first-order chi connectivity index (χ1) is 49.1. The molecular weight excluding hydrogens is 1840 g/mol. The molecule has 2 amide bonds. The number of nitrogens with one attached hydrogen (secondary N) is 2. The number of halogens is 54. The molecule has 0 aliphatic rings. The molecular formula is C35H16F54N2O23. The van der Waals surface area contributed by atoms with Crippen molar-refractivity contribution in [3.63, 3.8) is 0 Å². The molecule has 0 fully saturated rings. The average molecular weight is 1860 g/mol. The van der Waals surface area contributed by atoms with Gasteiger partial charge in [0.2, 0.25) is 0 Å². The molecule has 79 heteroatoms. The average Bonchev–Trinajstić information content (AvgIpc) is 0.746. The van der Waals surface area contributed by atoms with Crippen LogP contribution in [-0.2, 0) is 90.1 Å². The van der Waals surface area contributed by atoms with E-state index in [-0.39, 0.29) is 0 Å². The highest BCUT2D eigenvalue weighted by Crippen LogP contribution is 2.58. The van der Waals surface area contributed by atoms with Gasteiger partial charge in [-0.15, -0.1) is 61.5 Å². The number of hydrogen-bond donors (Lipinski definition) is 6. The lowest BCUT2D eigenvalue weighted by molar-refractivity contribution is -0.647. The zero-order chi connectivity index (χ0) is 92.1. The minimum Gasteiger partial charge on any atom is -0.394 e. The maximum absolute atomic E-state index is 13.9. The molecule has 0 aromatic carbocycles. The lowest BCUT2D eigenvalue weighted by Gasteiger charge is -2.37. The molecule has 0 saturated heterocycles. The number of carbonyl (C=O) groups is 2. The van der Waals surface area contributed by atoms with Gasteiger partial charge in [-0.1, -0.05) is 0 Å². The highest BCUT2D eigenvalue weighted by atomic mass is 19.4. The Hall–Kier alpha value is -5.68. The normalized spacial score (nSPS) is 16.1. The van der Waals surface area contributed by atoms with E-state index in [1.807, 2.05) is 0 Å². The molecule has 6 N–H and O–H groups in total. The molecule has 0 unspecified atom stereocenters. The predicted octanol–water partition coefficient (Wildman–Crippen LogP) is 11.9. The van der Waals surface area contributed by atoms with Crippen molar-refractivity contribution < 1.29 is 348 Å². The molecule has 0 atom stereocenters. The largest absolute Gasteiger partial charge is 0.498 e. The SMILES string of the molecule is O=C(NC(CO)CO)C(F)(F)OC(F)(F)OC(F)(F)OC(F)(F)OC(F)(F)OC(F)(F)OC(F)(F)OC(F)(F)OC(F)(F)C(F)(F)OC(F)(F)C(F)(F)OC(F)(F)C(F)(F)OC(F)(F)C(F)(F)OC(F)(F)C(F)(F)OC(F)(F)C(F)(F)OC(F)(F)C(F)(F)OC(F)(F)C(F)(F)OC(F)(F)C(F)(F)OC(F)(F)C(=O)NC(CO)CO. The van der Waals surface area contributed by atoms with E-state index in [4.69, 9.17) is 20.4 Å². The summed E-state index contributed by atoms with van der Waals surface area (Å²) in [6, 6.07) is -4.70. The van der Waals surface area contributed by atoms with E-state index < -0.39 is 217 Å². The number of aliphatic hydroxyl groups excluding tert-OH is 4. The Morgan fingerprint density at radius 3 is 0.421 bits per heavy atom. The first-order valence-electron chi connectivity index (χ1n) is 24.3. The van der Waals surface area contributed by atoms with Crippen molar-refractivity contribution in [1.82, 2.24) is 10.6 Å². The van der Waals surface area contributed by atoms with Gasteiger partial charge in [0.05, 0.1) is 38.5 Å². The van der Waals surface area contributed by atoms with Crippen LogP contribution >= 0.6 is 0 Å². The number of alkyl halides is 54. The molecule has 0 bridgehead atoms. The van der Waals surface area contributed by atoms with Gasteiger partial charge < -0.3 is 31.1 Å². The Morgan fingerprint density at radius 1 is 0.175 bits per heavy atom. The van der Waals surface area contributed by atoms with Crippen LogP contribution in [0.15, 0.2) is 0 Å². The summed E-state index contributed by atoms with van der Waals surface area (Å²) < 4.78 is 764. The minimum atomic E-state index is -8.99. The smallest absolute Gasteiger partial charge is 0.394 e. The topological polar surface area (TPSA) is 296 Å². The van der Waals surface area contributed by atoms with Gasteiger partial charge in [-0.2, -0.15) is 176 Å². The summed E-state index contributed by atoms with van der Waals surface area (Å²) >= 11 is 0. The Balaban J connectivity index is 6.57. The van der Waals surface area contributed by atoms with Gasteiger partial charge in [0.15, 0.2) is 0 Å². The Kier molecular flexibility index (Phi) is 31.5. The Bertz CT molecular complexity index is 3170. The lowest BCUT2D eigenvalue weighted by atomic mass is 10.3. The predicted molar refractivity (Wildman–Crippen MR) is 204 cm³/mol. The van der Waals surface area contributed by atoms with Crippen LogP contribution in [0.4, 0.5) is 237 Å². The molecule has 0 aliphatic heterocycles. The summed E-state index contributed by atoms with van der Waals surface area (Å²) in [6.07, 6.45) is -224. The standard InChI is InChI=1S/C35H16F54N2O23/c36-9(37,7(96)90-5(1-92)2-93)98-11(40,41)12(42,43)100-13(44,45)14(46,47)101-15(48,49)16(50,51)102-17(52,53)18(54,55)103-19(56,57)20(58,59)104-21(60,61)22(62,63)105-23(64,65)24(66,67)106-25(68,69)26(70,71)107-27(72,73)28(74,75)108-30(78,79)110-32(82,83)112-34(86,87)114-35(88,89)113-33(84,85)111-31(80,81)109-29(76,77)99-10(38,39)8(97)91-6(3-94)4-95/h5-6,92-95H,1-4H2,(H,90,96)(H,91,97). The second kappa shape index (κ2) is 33.1. The van der Waals surface area contributed by atoms with E-state index in [9.17, 15) is 247 Å². The highest BCUT2D eigenvalue weighted by molar-refractivity contribution is 5.82. The molecule has 0 spiro atoms. The van der Waals surface area contributed by atoms with E-state index in [1.165, 1.54) is 23.7 Å². The molecule has 0 radical (unpaired) electrons. The third-order valence-corrected chi connectivity index (χ3v) is 9.36. The van der Waals surface area contributed by atoms with E-state index in [0.717, 1.165) is 37.9 Å². The van der Waals surface area contributed by atoms with Gasteiger partial charge >= 0.3 is 178 Å². The van der Waals surface area contributed by atoms with Crippen LogP contribution in [-0.4, -0.2) is 237 Å². The minimum absolute atomic E-state index is 0.531. The van der Waals surface area contributed by atoms with E-state index >= 15 is 0 Å². The summed E-state index contributed by atoms with van der Waals surface area (Å²) in [5.74, 6) is -6.86. The fraction of sp³-hybridized carbons (Fsp3) is 0.943. The number of carbonyl (C=O) groups excluding carboxylic acids is 2. The van der Waals surface area contributed by atoms with Crippen molar-refractivity contribution in [1.29, 1.82) is 0 Å². The molecule has 114 heavy (non-hydrogen) atoms. The van der Waals surface area contributed by atoms with Crippen molar-refractivity contribution >= 4 is 11.8 Å². The summed E-state index contributed by atoms with van der Waals surface area (Å²) in [4.78, 5) is 22.4. The number of amides is 2. The summed E-state index contributed by atoms with van der Waals surface area (Å²) in [6.45, 7) is -6.53. The van der Waals surface area contributed by atoms with Crippen LogP contribution in [0.2, 0.25) is 0 Å². The van der Waals surface area contributed by atoms with Crippen LogP contribution in [0.3, 0.4) is 0 Å². The van der Waals surface area contributed by atoms with E-state index in [0.29, 0.717) is 10.6 Å². The molecule has 0 aromatic heterocycles. The van der Waals surface area contributed by atoms with Crippen molar-refractivity contribution in [3.8, 4) is 0 Å². The fourth-order valence-electron chi connectivity index (χ4n) is 4.72. The van der Waals surface area contributed by atoms with Gasteiger partial charge in [-0.3, -0.25) is 9.59 Å². The number of hydrogen-bond acceptors (Lipinski definition) is 23. The second-order valence-corrected chi connectivity index (χ2v) is 18.4. The van der Waals surface area contributed by atoms with Crippen molar-refractivity contribution in [2.75, 3.05) is 26.4 Å². The second-order valence-electron chi connectivity index (χ2n) is 18.4. The zero-order valence-corrected chi connectivity index (χ0v) is 49.4. The summed E-state index contributed by atoms with van der Waals surface area (Å²) in [5, 5.41) is 35.6. The quantitative estimate of drug-likeness (QED) is 0.0244. The number of rotatable bonds is 51. The van der Waals surface area contributed by atoms with Gasteiger partial charge in [0.1, 0.15) is 0 Å². The molecule has 0 rings (SSSR count). The lowest BCUT2D eigenvalue weighted by Crippen LogP contribution is -2.63. The first kappa shape index (κ1) is 108. The highest BCUT2D eigenvalue weighted by Gasteiger charge is 2.84. The zero-order valence-electron chi connectivity index (χ0n) is 49.4. The monoisotopic (exact) mass is 1860 g/mol. The van der Waals surface area contributed by atoms with Gasteiger partial charge in [-0.25, -0.2) is 80.5 Å². The van der Waals surface area contributed by atoms with Gasteiger partial charge in [0, 0.05) is 0 Å². The van der Waals surface area contributed by atoms with Crippen LogP contribution in [0, 0.1) is 0 Å². The third kappa shape index (κ3) is 28.0. The van der Waals surface area contributed by atoms with Crippen LogP contribution < -0.4 is 10.6 Å². The molecule has 0 aromatic rings. The maximum Gasteiger partial charge on any atom is 0.498 e. The van der Waals surface area contributed by atoms with Crippen molar-refractivity contribution in [3.05, 3.63) is 0 Å². The van der Waals surface area contributed by atoms with E-state index in [2.05, 4.69) is 4.74 Å². The first-order valence-corrected chi connectivity index (χ1v) is 24.3. The van der Waals surface area contributed by atoms with Crippen molar-refractivity contribution in [2.45, 2.75) is 178 Å². The Labute approximate surface area is 576 Å². The fourth-order valence-corrected chi connectivity index (χ4v) is 4.72. The summed E-state index contributed by atoms with van der Waals surface area (Å²) in [5.41, 5.74) is 0. The molecule has 682 valence electrons. The van der Waals surface area contributed by atoms with Gasteiger partial charge in [0.25, 0.3) is 0 Å². The van der Waals surface area contributed by atoms with Gasteiger partial charge in [-0.05, 0) is 0 Å². The van der Waals surface area contributed by atoms with E-state index in [1.54, 1.807) is 14.2 Å². The molecule has 0 aliphatic carbocycles. The molecule has 0 saturated carbocycles. The molecule has 25 nitrogen and oxygen atoms in total. The maximum atomic E-state index is 13.9.